The van der Waals surface area contributed by atoms with Crippen LogP contribution in [-0.2, 0) is 0 Å². The van der Waals surface area contributed by atoms with E-state index in [1.54, 1.807) is 31.4 Å². The van der Waals surface area contributed by atoms with Crippen LogP contribution in [0.2, 0.25) is 0 Å². The van der Waals surface area contributed by atoms with E-state index < -0.39 is 0 Å². The third-order valence-corrected chi connectivity index (χ3v) is 2.40. The highest BCUT2D eigenvalue weighted by atomic mass is 16.5. The fraction of sp³-hybridized carbons (Fsp3) is 0.308. The lowest BCUT2D eigenvalue weighted by atomic mass is 10.1. The first-order chi connectivity index (χ1) is 7.63. The third kappa shape index (κ3) is 1.69. The number of methoxy groups -OCH3 is 1. The molecule has 2 rings (SSSR count). The van der Waals surface area contributed by atoms with E-state index in [1.165, 1.54) is 0 Å². The lowest BCUT2D eigenvalue weighted by molar-refractivity contribution is 0.104. The Morgan fingerprint density at radius 1 is 1.19 bits per heavy atom. The van der Waals surface area contributed by atoms with Crippen molar-refractivity contribution in [2.45, 2.75) is 20.0 Å². The second-order valence-electron chi connectivity index (χ2n) is 3.92. The van der Waals surface area contributed by atoms with Crippen LogP contribution in [-0.4, -0.2) is 19.0 Å². The Morgan fingerprint density at radius 3 is 2.56 bits per heavy atom. The van der Waals surface area contributed by atoms with Gasteiger partial charge in [0.1, 0.15) is 0 Å². The molecule has 16 heavy (non-hydrogen) atoms. The standard InChI is InChI=1S/C13H14O3/c1-8(2)16-13-10-4-6-11(14)9(10)5-7-12(13)15-3/h4-8H,1-3H3. The van der Waals surface area contributed by atoms with Crippen molar-refractivity contribution in [1.29, 1.82) is 0 Å². The largest absolute Gasteiger partial charge is 0.493 e. The van der Waals surface area contributed by atoms with Crippen LogP contribution in [0.15, 0.2) is 18.2 Å². The molecular weight excluding hydrogens is 204 g/mol. The molecule has 0 N–H and O–H groups in total. The van der Waals surface area contributed by atoms with Gasteiger partial charge >= 0.3 is 0 Å². The van der Waals surface area contributed by atoms with Gasteiger partial charge in [0.25, 0.3) is 0 Å². The van der Waals surface area contributed by atoms with Gasteiger partial charge in [-0.1, -0.05) is 0 Å². The summed E-state index contributed by atoms with van der Waals surface area (Å²) in [5, 5.41) is 0. The molecule has 0 fully saturated rings. The van der Waals surface area contributed by atoms with E-state index >= 15 is 0 Å². The van der Waals surface area contributed by atoms with E-state index in [-0.39, 0.29) is 11.9 Å². The molecule has 0 bridgehead atoms. The van der Waals surface area contributed by atoms with Crippen LogP contribution in [0.25, 0.3) is 6.08 Å². The summed E-state index contributed by atoms with van der Waals surface area (Å²) in [5.41, 5.74) is 1.49. The van der Waals surface area contributed by atoms with Crippen LogP contribution in [0.1, 0.15) is 29.8 Å². The predicted molar refractivity (Wildman–Crippen MR) is 62.1 cm³/mol. The molecule has 0 spiro atoms. The van der Waals surface area contributed by atoms with Gasteiger partial charge in [-0.05, 0) is 38.1 Å². The van der Waals surface area contributed by atoms with Crippen LogP contribution in [0.4, 0.5) is 0 Å². The second kappa shape index (κ2) is 4.00. The van der Waals surface area contributed by atoms with Crippen molar-refractivity contribution in [3.8, 4) is 11.5 Å². The molecule has 0 aromatic heterocycles. The maximum atomic E-state index is 11.5. The first kappa shape index (κ1) is 10.7. The Labute approximate surface area is 94.7 Å². The number of ether oxygens (including phenoxy) is 2. The molecule has 1 aliphatic carbocycles. The summed E-state index contributed by atoms with van der Waals surface area (Å²) in [6.07, 6.45) is 3.37. The van der Waals surface area contributed by atoms with Gasteiger partial charge in [-0.2, -0.15) is 0 Å². The third-order valence-electron chi connectivity index (χ3n) is 2.40. The minimum Gasteiger partial charge on any atom is -0.493 e. The van der Waals surface area contributed by atoms with E-state index in [0.29, 0.717) is 17.1 Å². The number of ketones is 1. The SMILES string of the molecule is COc1ccc2c(c1OC(C)C)C=CC2=O. The topological polar surface area (TPSA) is 35.5 Å². The number of benzene rings is 1. The highest BCUT2D eigenvalue weighted by Gasteiger charge is 2.21. The average molecular weight is 218 g/mol. The summed E-state index contributed by atoms with van der Waals surface area (Å²) in [4.78, 5) is 11.5. The molecule has 0 radical (unpaired) electrons. The molecular formula is C13H14O3. The molecule has 3 heteroatoms. The summed E-state index contributed by atoms with van der Waals surface area (Å²) >= 11 is 0. The monoisotopic (exact) mass is 218 g/mol. The molecule has 0 unspecified atom stereocenters. The lowest BCUT2D eigenvalue weighted by Gasteiger charge is -2.16. The van der Waals surface area contributed by atoms with E-state index in [0.717, 1.165) is 5.56 Å². The van der Waals surface area contributed by atoms with Gasteiger partial charge in [0.05, 0.1) is 13.2 Å². The van der Waals surface area contributed by atoms with E-state index in [1.807, 2.05) is 13.8 Å². The van der Waals surface area contributed by atoms with Crippen LogP contribution in [0, 0.1) is 0 Å². The molecule has 1 aromatic rings. The van der Waals surface area contributed by atoms with Crippen LogP contribution >= 0.6 is 0 Å². The van der Waals surface area contributed by atoms with Crippen molar-refractivity contribution >= 4 is 11.9 Å². The number of fused-ring (bicyclic) bond motifs is 1. The maximum absolute atomic E-state index is 11.5. The normalized spacial score (nSPS) is 13.1. The number of hydrogen-bond acceptors (Lipinski definition) is 3. The quantitative estimate of drug-likeness (QED) is 0.782. The molecule has 1 aliphatic rings. The maximum Gasteiger partial charge on any atom is 0.186 e. The van der Waals surface area contributed by atoms with Gasteiger partial charge in [-0.25, -0.2) is 0 Å². The van der Waals surface area contributed by atoms with Crippen LogP contribution in [0.5, 0.6) is 11.5 Å². The van der Waals surface area contributed by atoms with Crippen molar-refractivity contribution in [2.24, 2.45) is 0 Å². The minimum atomic E-state index is 0.0197. The molecule has 1 aromatic carbocycles. The van der Waals surface area contributed by atoms with Gasteiger partial charge in [0.2, 0.25) is 0 Å². The number of hydrogen-bond donors (Lipinski definition) is 0. The van der Waals surface area contributed by atoms with Crippen molar-refractivity contribution in [3.05, 3.63) is 29.3 Å². The molecule has 0 aliphatic heterocycles. The highest BCUT2D eigenvalue weighted by molar-refractivity contribution is 6.14. The van der Waals surface area contributed by atoms with Gasteiger partial charge < -0.3 is 9.47 Å². The Bertz CT molecular complexity index is 458. The number of carbonyl (C=O) groups excluding carboxylic acids is 1. The summed E-state index contributed by atoms with van der Waals surface area (Å²) in [6, 6.07) is 3.53. The molecule has 0 saturated carbocycles. The molecule has 0 amide bonds. The lowest BCUT2D eigenvalue weighted by Crippen LogP contribution is -2.08. The van der Waals surface area contributed by atoms with Crippen molar-refractivity contribution in [2.75, 3.05) is 7.11 Å². The van der Waals surface area contributed by atoms with E-state index in [9.17, 15) is 4.79 Å². The fourth-order valence-electron chi connectivity index (χ4n) is 1.73. The van der Waals surface area contributed by atoms with E-state index in [4.69, 9.17) is 9.47 Å². The zero-order valence-electron chi connectivity index (χ0n) is 9.61. The van der Waals surface area contributed by atoms with Gasteiger partial charge in [-0.15, -0.1) is 0 Å². The Hall–Kier alpha value is -1.77. The number of rotatable bonds is 3. The summed E-state index contributed by atoms with van der Waals surface area (Å²) in [6.45, 7) is 3.89. The average Bonchev–Trinajstić information content (AvgIpc) is 2.61. The Balaban J connectivity index is 2.54. The number of carbonyl (C=O) groups is 1. The fourth-order valence-corrected chi connectivity index (χ4v) is 1.73. The second-order valence-corrected chi connectivity index (χ2v) is 3.92. The smallest absolute Gasteiger partial charge is 0.186 e. The molecule has 0 atom stereocenters. The van der Waals surface area contributed by atoms with Gasteiger partial charge in [-0.3, -0.25) is 4.79 Å². The minimum absolute atomic E-state index is 0.0197. The number of allylic oxidation sites excluding steroid dienone is 1. The molecule has 3 nitrogen and oxygen atoms in total. The van der Waals surface area contributed by atoms with Gasteiger partial charge in [0.15, 0.2) is 17.3 Å². The molecule has 0 heterocycles. The van der Waals surface area contributed by atoms with Crippen molar-refractivity contribution < 1.29 is 14.3 Å². The Kier molecular flexibility index (Phi) is 2.69. The summed E-state index contributed by atoms with van der Waals surface area (Å²) in [7, 11) is 1.59. The Morgan fingerprint density at radius 2 is 1.94 bits per heavy atom. The highest BCUT2D eigenvalue weighted by Crippen LogP contribution is 2.38. The molecule has 84 valence electrons. The zero-order valence-corrected chi connectivity index (χ0v) is 9.61. The zero-order chi connectivity index (χ0) is 11.7. The van der Waals surface area contributed by atoms with Gasteiger partial charge in [0, 0.05) is 11.1 Å². The summed E-state index contributed by atoms with van der Waals surface area (Å²) < 4.78 is 10.9. The molecule has 0 saturated heterocycles. The van der Waals surface area contributed by atoms with Crippen molar-refractivity contribution in [3.63, 3.8) is 0 Å². The van der Waals surface area contributed by atoms with Crippen LogP contribution in [0.3, 0.4) is 0 Å². The van der Waals surface area contributed by atoms with E-state index in [2.05, 4.69) is 0 Å². The predicted octanol–water partition coefficient (Wildman–Crippen LogP) is 2.69. The van der Waals surface area contributed by atoms with Crippen LogP contribution < -0.4 is 9.47 Å². The first-order valence-corrected chi connectivity index (χ1v) is 5.23. The van der Waals surface area contributed by atoms with Crippen molar-refractivity contribution in [1.82, 2.24) is 0 Å². The summed E-state index contributed by atoms with van der Waals surface area (Å²) in [5.74, 6) is 1.33. The first-order valence-electron chi connectivity index (χ1n) is 5.23.